The van der Waals surface area contributed by atoms with E-state index in [1.807, 2.05) is 0 Å². The predicted molar refractivity (Wildman–Crippen MR) is 113 cm³/mol. The fourth-order valence-electron chi connectivity index (χ4n) is 3.52. The summed E-state index contributed by atoms with van der Waals surface area (Å²) in [5.41, 5.74) is 1.23. The Balaban J connectivity index is 1.43. The molecule has 0 radical (unpaired) electrons. The van der Waals surface area contributed by atoms with Gasteiger partial charge in [0.1, 0.15) is 12.1 Å². The largest absolute Gasteiger partial charge is 0.356 e. The van der Waals surface area contributed by atoms with Gasteiger partial charge in [0.25, 0.3) is 0 Å². The first-order chi connectivity index (χ1) is 14.4. The molecule has 1 fully saturated rings. The van der Waals surface area contributed by atoms with Gasteiger partial charge < -0.3 is 10.2 Å². The summed E-state index contributed by atoms with van der Waals surface area (Å²) >= 11 is 0. The lowest BCUT2D eigenvalue weighted by molar-refractivity contribution is -0.114. The van der Waals surface area contributed by atoms with E-state index in [1.165, 1.54) is 25.4 Å². The zero-order valence-electron chi connectivity index (χ0n) is 16.6. The molecular formula is C19H23N7O3S. The van der Waals surface area contributed by atoms with Crippen LogP contribution in [0.25, 0.3) is 11.0 Å². The van der Waals surface area contributed by atoms with Gasteiger partial charge in [-0.15, -0.1) is 0 Å². The summed E-state index contributed by atoms with van der Waals surface area (Å²) in [5.74, 6) is 0.662. The standard InChI is InChI=1S/C19H23N7O3S/c1-14(27)24-15-4-6-16(7-5-15)30(28,29)23-8-11-26-19-17(12-22-26)18(20-13-21-19)25-9-2-3-10-25/h4-7,12-13,23H,2-3,8-11H2,1H3,(H,24,27). The quantitative estimate of drug-likeness (QED) is 0.581. The first kappa shape index (κ1) is 20.2. The number of rotatable bonds is 7. The molecule has 3 heterocycles. The molecule has 10 nitrogen and oxygen atoms in total. The van der Waals surface area contributed by atoms with Crippen LogP contribution in [0.2, 0.25) is 0 Å². The third kappa shape index (κ3) is 4.26. The van der Waals surface area contributed by atoms with Crippen LogP contribution in [0.15, 0.2) is 41.7 Å². The zero-order chi connectivity index (χ0) is 21.1. The lowest BCUT2D eigenvalue weighted by atomic mass is 10.3. The summed E-state index contributed by atoms with van der Waals surface area (Å²) in [6.07, 6.45) is 5.55. The average Bonchev–Trinajstić information content (AvgIpc) is 3.38. The number of anilines is 2. The summed E-state index contributed by atoms with van der Waals surface area (Å²) < 4.78 is 29.3. The monoisotopic (exact) mass is 429 g/mol. The fourth-order valence-corrected chi connectivity index (χ4v) is 4.54. The van der Waals surface area contributed by atoms with Crippen molar-refractivity contribution in [3.05, 3.63) is 36.8 Å². The number of aromatic nitrogens is 4. The molecule has 1 aromatic carbocycles. The Morgan fingerprint density at radius 1 is 1.13 bits per heavy atom. The van der Waals surface area contributed by atoms with E-state index in [0.717, 1.165) is 37.1 Å². The van der Waals surface area contributed by atoms with Gasteiger partial charge in [0.05, 0.1) is 23.0 Å². The van der Waals surface area contributed by atoms with E-state index >= 15 is 0 Å². The number of carbonyl (C=O) groups excluding carboxylic acids is 1. The first-order valence-electron chi connectivity index (χ1n) is 9.73. The Labute approximate surface area is 174 Å². The van der Waals surface area contributed by atoms with Crippen LogP contribution in [0.5, 0.6) is 0 Å². The Morgan fingerprint density at radius 3 is 2.57 bits per heavy atom. The van der Waals surface area contributed by atoms with E-state index in [4.69, 9.17) is 0 Å². The van der Waals surface area contributed by atoms with Crippen molar-refractivity contribution in [2.24, 2.45) is 0 Å². The van der Waals surface area contributed by atoms with E-state index in [1.54, 1.807) is 23.0 Å². The highest BCUT2D eigenvalue weighted by molar-refractivity contribution is 7.89. The summed E-state index contributed by atoms with van der Waals surface area (Å²) in [4.78, 5) is 22.2. The molecule has 30 heavy (non-hydrogen) atoms. The SMILES string of the molecule is CC(=O)Nc1ccc(S(=O)(=O)NCCn2ncc3c(N4CCCC4)ncnc32)cc1. The highest BCUT2D eigenvalue weighted by Gasteiger charge is 2.19. The van der Waals surface area contributed by atoms with E-state index in [2.05, 4.69) is 30.0 Å². The molecule has 0 unspecified atom stereocenters. The summed E-state index contributed by atoms with van der Waals surface area (Å²) in [6.45, 7) is 3.83. The van der Waals surface area contributed by atoms with Crippen LogP contribution < -0.4 is 14.9 Å². The van der Waals surface area contributed by atoms with Crippen molar-refractivity contribution in [2.45, 2.75) is 31.2 Å². The Bertz CT molecular complexity index is 1150. The third-order valence-electron chi connectivity index (χ3n) is 4.92. The fraction of sp³-hybridized carbons (Fsp3) is 0.368. The minimum atomic E-state index is -3.68. The smallest absolute Gasteiger partial charge is 0.240 e. The van der Waals surface area contributed by atoms with Gasteiger partial charge in [0.2, 0.25) is 15.9 Å². The second-order valence-corrected chi connectivity index (χ2v) is 8.87. The molecular weight excluding hydrogens is 406 g/mol. The van der Waals surface area contributed by atoms with Gasteiger partial charge in [-0.05, 0) is 37.1 Å². The maximum absolute atomic E-state index is 12.5. The van der Waals surface area contributed by atoms with Gasteiger partial charge in [-0.1, -0.05) is 0 Å². The zero-order valence-corrected chi connectivity index (χ0v) is 17.4. The Kier molecular flexibility index (Phi) is 5.64. The lowest BCUT2D eigenvalue weighted by Crippen LogP contribution is -2.27. The van der Waals surface area contributed by atoms with Crippen LogP contribution in [0.4, 0.5) is 11.5 Å². The normalized spacial score (nSPS) is 14.4. The Hall–Kier alpha value is -3.05. The molecule has 158 valence electrons. The van der Waals surface area contributed by atoms with Crippen LogP contribution >= 0.6 is 0 Å². The topological polar surface area (TPSA) is 122 Å². The molecule has 2 N–H and O–H groups in total. The molecule has 2 aromatic heterocycles. The second-order valence-electron chi connectivity index (χ2n) is 7.10. The molecule has 11 heteroatoms. The maximum Gasteiger partial charge on any atom is 0.240 e. The van der Waals surface area contributed by atoms with Gasteiger partial charge in [-0.2, -0.15) is 5.10 Å². The molecule has 1 aliphatic heterocycles. The number of nitrogens with one attached hydrogen (secondary N) is 2. The highest BCUT2D eigenvalue weighted by atomic mass is 32.2. The van der Waals surface area contributed by atoms with Crippen molar-refractivity contribution in [1.29, 1.82) is 0 Å². The van der Waals surface area contributed by atoms with Crippen molar-refractivity contribution in [1.82, 2.24) is 24.5 Å². The number of hydrogen-bond acceptors (Lipinski definition) is 7. The molecule has 4 rings (SSSR count). The highest BCUT2D eigenvalue weighted by Crippen LogP contribution is 2.25. The molecule has 1 aliphatic rings. The van der Waals surface area contributed by atoms with Gasteiger partial charge >= 0.3 is 0 Å². The van der Waals surface area contributed by atoms with Crippen LogP contribution in [-0.2, 0) is 21.4 Å². The molecule has 3 aromatic rings. The van der Waals surface area contributed by atoms with E-state index in [9.17, 15) is 13.2 Å². The molecule has 0 spiro atoms. The van der Waals surface area contributed by atoms with Crippen LogP contribution in [0.1, 0.15) is 19.8 Å². The van der Waals surface area contributed by atoms with E-state index in [0.29, 0.717) is 17.9 Å². The van der Waals surface area contributed by atoms with E-state index < -0.39 is 10.0 Å². The van der Waals surface area contributed by atoms with Crippen molar-refractivity contribution in [3.63, 3.8) is 0 Å². The number of hydrogen-bond donors (Lipinski definition) is 2. The summed E-state index contributed by atoms with van der Waals surface area (Å²) in [6, 6.07) is 6.00. The van der Waals surface area contributed by atoms with Crippen LogP contribution in [-0.4, -0.2) is 53.7 Å². The molecule has 0 bridgehead atoms. The minimum Gasteiger partial charge on any atom is -0.356 e. The van der Waals surface area contributed by atoms with Gasteiger partial charge in [-0.25, -0.2) is 27.8 Å². The molecule has 0 atom stereocenters. The average molecular weight is 430 g/mol. The van der Waals surface area contributed by atoms with Gasteiger partial charge in [0, 0.05) is 32.2 Å². The predicted octanol–water partition coefficient (Wildman–Crippen LogP) is 1.36. The van der Waals surface area contributed by atoms with Gasteiger partial charge in [0.15, 0.2) is 5.65 Å². The first-order valence-corrected chi connectivity index (χ1v) is 11.2. The number of benzene rings is 1. The van der Waals surface area contributed by atoms with Crippen molar-refractivity contribution >= 4 is 38.5 Å². The molecule has 0 aliphatic carbocycles. The summed E-state index contributed by atoms with van der Waals surface area (Å²) in [5, 5.41) is 7.85. The molecule has 0 saturated carbocycles. The molecule has 1 saturated heterocycles. The van der Waals surface area contributed by atoms with Crippen LogP contribution in [0.3, 0.4) is 0 Å². The molecule has 1 amide bonds. The second kappa shape index (κ2) is 8.36. The van der Waals surface area contributed by atoms with Crippen molar-refractivity contribution < 1.29 is 13.2 Å². The number of sulfonamides is 1. The van der Waals surface area contributed by atoms with Gasteiger partial charge in [-0.3, -0.25) is 4.79 Å². The van der Waals surface area contributed by atoms with Crippen molar-refractivity contribution in [3.8, 4) is 0 Å². The minimum absolute atomic E-state index is 0.126. The number of fused-ring (bicyclic) bond motifs is 1. The lowest BCUT2D eigenvalue weighted by Gasteiger charge is -2.16. The number of carbonyl (C=O) groups is 1. The Morgan fingerprint density at radius 2 is 1.87 bits per heavy atom. The summed E-state index contributed by atoms with van der Waals surface area (Å²) in [7, 11) is -3.68. The number of nitrogens with zero attached hydrogens (tertiary/aromatic N) is 5. The third-order valence-corrected chi connectivity index (χ3v) is 6.40. The van der Waals surface area contributed by atoms with E-state index in [-0.39, 0.29) is 17.3 Å². The maximum atomic E-state index is 12.5. The number of amides is 1. The van der Waals surface area contributed by atoms with Crippen LogP contribution in [0, 0.1) is 0 Å². The van der Waals surface area contributed by atoms with Crippen molar-refractivity contribution in [2.75, 3.05) is 29.9 Å².